The number of nitrogens with zero attached hydrogens (tertiary/aromatic N) is 2. The normalized spacial score (nSPS) is 11.0. The highest BCUT2D eigenvalue weighted by Gasteiger charge is 2.17. The number of sulfonamides is 1. The molecule has 3 N–H and O–H groups in total. The van der Waals surface area contributed by atoms with E-state index in [1.54, 1.807) is 18.2 Å². The van der Waals surface area contributed by atoms with Crippen LogP contribution in [0.3, 0.4) is 0 Å². The molecule has 1 heterocycles. The van der Waals surface area contributed by atoms with Gasteiger partial charge in [-0.3, -0.25) is 14.8 Å². The van der Waals surface area contributed by atoms with Crippen molar-refractivity contribution < 1.29 is 27.4 Å². The molecule has 0 unspecified atom stereocenters. The first-order chi connectivity index (χ1) is 17.5. The van der Waals surface area contributed by atoms with E-state index in [0.717, 1.165) is 0 Å². The smallest absolute Gasteiger partial charge is 0.321 e. The molecule has 0 saturated carbocycles. The van der Waals surface area contributed by atoms with Crippen molar-refractivity contribution >= 4 is 60.7 Å². The molecule has 0 aliphatic carbocycles. The number of ether oxygens (including phenoxy) is 3. The second kappa shape index (κ2) is 12.2. The summed E-state index contributed by atoms with van der Waals surface area (Å²) in [5.74, 6) is 0.306. The molecule has 14 heteroatoms. The van der Waals surface area contributed by atoms with E-state index in [0.29, 0.717) is 21.5 Å². The third kappa shape index (κ3) is 7.74. The second-order valence-electron chi connectivity index (χ2n) is 7.63. The molecule has 0 aliphatic heterocycles. The predicted molar refractivity (Wildman–Crippen MR) is 146 cm³/mol. The Balaban J connectivity index is 1.63. The zero-order chi connectivity index (χ0) is 27.2. The quantitative estimate of drug-likeness (QED) is 0.305. The van der Waals surface area contributed by atoms with Crippen molar-refractivity contribution in [2.24, 2.45) is 0 Å². The highest BCUT2D eigenvalue weighted by molar-refractivity contribution is 9.10. The lowest BCUT2D eigenvalue weighted by molar-refractivity contribution is 0.0977. The molecule has 0 fully saturated rings. The highest BCUT2D eigenvalue weighted by Crippen LogP contribution is 2.27. The van der Waals surface area contributed by atoms with Crippen LogP contribution in [0.15, 0.2) is 57.9 Å². The minimum Gasteiger partial charge on any atom is -0.490 e. The lowest BCUT2D eigenvalue weighted by atomic mass is 10.2. The van der Waals surface area contributed by atoms with E-state index in [1.807, 2.05) is 13.8 Å². The fraction of sp³-hybridized carbons (Fsp3) is 0.217. The van der Waals surface area contributed by atoms with Crippen molar-refractivity contribution in [1.29, 1.82) is 0 Å². The summed E-state index contributed by atoms with van der Waals surface area (Å²) in [5.41, 5.74) is 0.842. The van der Waals surface area contributed by atoms with Gasteiger partial charge in [-0.05, 0) is 84.5 Å². The van der Waals surface area contributed by atoms with Gasteiger partial charge in [0.15, 0.2) is 10.9 Å². The van der Waals surface area contributed by atoms with Gasteiger partial charge in [0.25, 0.3) is 15.9 Å². The average molecular weight is 611 g/mol. The Labute approximate surface area is 228 Å². The molecule has 1 aromatic heterocycles. The van der Waals surface area contributed by atoms with E-state index in [9.17, 15) is 13.2 Å². The molecule has 0 bridgehead atoms. The maximum Gasteiger partial charge on any atom is 0.321 e. The molecule has 37 heavy (non-hydrogen) atoms. The van der Waals surface area contributed by atoms with Crippen LogP contribution in [-0.4, -0.2) is 49.7 Å². The summed E-state index contributed by atoms with van der Waals surface area (Å²) >= 11 is 8.61. The van der Waals surface area contributed by atoms with Crippen LogP contribution in [0.1, 0.15) is 24.2 Å². The fourth-order valence-electron chi connectivity index (χ4n) is 2.90. The molecular formula is C23H24BrN5O6S2. The van der Waals surface area contributed by atoms with E-state index in [4.69, 9.17) is 26.4 Å². The van der Waals surface area contributed by atoms with Crippen LogP contribution in [0.25, 0.3) is 0 Å². The molecule has 0 spiro atoms. The number of aromatic nitrogens is 2. The van der Waals surface area contributed by atoms with Gasteiger partial charge < -0.3 is 19.5 Å². The zero-order valence-corrected chi connectivity index (χ0v) is 23.5. The Morgan fingerprint density at radius 3 is 2.32 bits per heavy atom. The Kier molecular flexibility index (Phi) is 9.23. The van der Waals surface area contributed by atoms with Gasteiger partial charge >= 0.3 is 6.01 Å². The first kappa shape index (κ1) is 28.1. The Bertz CT molecular complexity index is 1380. The molecule has 0 saturated heterocycles. The Hall–Kier alpha value is -3.49. The Morgan fingerprint density at radius 1 is 1.03 bits per heavy atom. The van der Waals surface area contributed by atoms with E-state index < -0.39 is 15.9 Å². The van der Waals surface area contributed by atoms with Crippen molar-refractivity contribution in [3.05, 3.63) is 58.6 Å². The van der Waals surface area contributed by atoms with Crippen LogP contribution in [0.4, 0.5) is 11.5 Å². The van der Waals surface area contributed by atoms with Gasteiger partial charge in [-0.25, -0.2) is 8.42 Å². The Morgan fingerprint density at radius 2 is 1.73 bits per heavy atom. The maximum atomic E-state index is 12.8. The number of anilines is 2. The van der Waals surface area contributed by atoms with Crippen LogP contribution in [-0.2, 0) is 10.0 Å². The van der Waals surface area contributed by atoms with Crippen molar-refractivity contribution in [3.8, 4) is 17.6 Å². The van der Waals surface area contributed by atoms with Crippen LogP contribution in [0.2, 0.25) is 0 Å². The van der Waals surface area contributed by atoms with Crippen LogP contribution >= 0.6 is 28.1 Å². The summed E-state index contributed by atoms with van der Waals surface area (Å²) < 4.78 is 44.2. The van der Waals surface area contributed by atoms with E-state index in [2.05, 4.69) is 41.3 Å². The standard InChI is InChI=1S/C23H24BrN5O6S2/c1-13(2)35-18-10-5-14(11-17(18)24)21(30)28-23(36)25-15-6-8-16(9-7-15)37(31,32)29-19-12-20(33-3)27-22(26-19)34-4/h5-13H,1-4H3,(H,26,27,29)(H2,25,28,30,36). The molecule has 1 amide bonds. The van der Waals surface area contributed by atoms with Crippen molar-refractivity contribution in [1.82, 2.24) is 15.3 Å². The molecule has 196 valence electrons. The maximum absolute atomic E-state index is 12.8. The summed E-state index contributed by atoms with van der Waals surface area (Å²) in [6.07, 6.45) is -0.00996. The molecule has 11 nitrogen and oxygen atoms in total. The molecule has 3 rings (SSSR count). The topological polar surface area (TPSA) is 141 Å². The molecule has 2 aromatic carbocycles. The molecule has 0 atom stereocenters. The van der Waals surface area contributed by atoms with Gasteiger partial charge in [0.05, 0.1) is 29.7 Å². The van der Waals surface area contributed by atoms with Gasteiger partial charge in [-0.15, -0.1) is 0 Å². The fourth-order valence-corrected chi connectivity index (χ4v) is 4.57. The third-order valence-corrected chi connectivity index (χ3v) is 6.71. The van der Waals surface area contributed by atoms with Gasteiger partial charge in [-0.2, -0.15) is 9.97 Å². The van der Waals surface area contributed by atoms with Crippen LogP contribution in [0, 0.1) is 0 Å². The number of amides is 1. The number of benzene rings is 2. The lowest BCUT2D eigenvalue weighted by Crippen LogP contribution is -2.34. The summed E-state index contributed by atoms with van der Waals surface area (Å²) in [6, 6.07) is 12.0. The lowest BCUT2D eigenvalue weighted by Gasteiger charge is -2.13. The minimum atomic E-state index is -3.98. The number of hydrogen-bond acceptors (Lipinski definition) is 9. The number of halogens is 1. The zero-order valence-electron chi connectivity index (χ0n) is 20.2. The first-order valence-electron chi connectivity index (χ1n) is 10.7. The number of carbonyl (C=O) groups excluding carboxylic acids is 1. The van der Waals surface area contributed by atoms with Gasteiger partial charge in [0.1, 0.15) is 5.75 Å². The average Bonchev–Trinajstić information content (AvgIpc) is 2.84. The monoisotopic (exact) mass is 609 g/mol. The van der Waals surface area contributed by atoms with Crippen molar-refractivity contribution in [2.75, 3.05) is 24.3 Å². The second-order valence-corrected chi connectivity index (χ2v) is 10.6. The first-order valence-corrected chi connectivity index (χ1v) is 13.4. The van der Waals surface area contributed by atoms with Gasteiger partial charge in [0.2, 0.25) is 5.88 Å². The van der Waals surface area contributed by atoms with Crippen molar-refractivity contribution in [3.63, 3.8) is 0 Å². The third-order valence-electron chi connectivity index (χ3n) is 4.52. The molecular weight excluding hydrogens is 586 g/mol. The van der Waals surface area contributed by atoms with E-state index in [1.165, 1.54) is 44.6 Å². The SMILES string of the molecule is COc1cc(NS(=O)(=O)c2ccc(NC(=S)NC(=O)c3ccc(OC(C)C)c(Br)c3)cc2)nc(OC)n1. The van der Waals surface area contributed by atoms with E-state index >= 15 is 0 Å². The summed E-state index contributed by atoms with van der Waals surface area (Å²) in [6.45, 7) is 3.81. The number of nitrogens with one attached hydrogen (secondary N) is 3. The van der Waals surface area contributed by atoms with Crippen molar-refractivity contribution in [2.45, 2.75) is 24.8 Å². The van der Waals surface area contributed by atoms with Crippen LogP contribution < -0.4 is 29.6 Å². The van der Waals surface area contributed by atoms with Gasteiger partial charge in [0, 0.05) is 17.3 Å². The number of carbonyl (C=O) groups is 1. The summed E-state index contributed by atoms with van der Waals surface area (Å²) in [7, 11) is -1.24. The highest BCUT2D eigenvalue weighted by atomic mass is 79.9. The molecule has 0 aliphatic rings. The molecule has 3 aromatic rings. The largest absolute Gasteiger partial charge is 0.490 e. The number of rotatable bonds is 9. The minimum absolute atomic E-state index is 0.00996. The summed E-state index contributed by atoms with van der Waals surface area (Å²) in [4.78, 5) is 20.4. The van der Waals surface area contributed by atoms with E-state index in [-0.39, 0.29) is 33.8 Å². The van der Waals surface area contributed by atoms with Gasteiger partial charge in [-0.1, -0.05) is 0 Å². The number of hydrogen-bond donors (Lipinski definition) is 3. The molecule has 0 radical (unpaired) electrons. The predicted octanol–water partition coefficient (Wildman–Crippen LogP) is 3.97. The number of thiocarbonyl (C=S) groups is 1. The number of methoxy groups -OCH3 is 2. The van der Waals surface area contributed by atoms with Crippen LogP contribution in [0.5, 0.6) is 17.6 Å². The summed E-state index contributed by atoms with van der Waals surface area (Å²) in [5, 5.41) is 5.47.